The molecular formula is C9H15N3O. The molecule has 4 nitrogen and oxygen atoms in total. The van der Waals surface area contributed by atoms with Crippen LogP contribution in [-0.4, -0.2) is 41.6 Å². The average molecular weight is 181 g/mol. The second-order valence-electron chi connectivity index (χ2n) is 3.33. The van der Waals surface area contributed by atoms with E-state index in [0.29, 0.717) is 5.56 Å². The first kappa shape index (κ1) is 9.92. The van der Waals surface area contributed by atoms with Crippen LogP contribution in [0.25, 0.3) is 0 Å². The van der Waals surface area contributed by atoms with E-state index < -0.39 is 0 Å². The van der Waals surface area contributed by atoms with Gasteiger partial charge in [0.1, 0.15) is 0 Å². The molecule has 0 fully saturated rings. The van der Waals surface area contributed by atoms with Crippen molar-refractivity contribution >= 4 is 6.29 Å². The molecule has 1 rings (SSSR count). The summed E-state index contributed by atoms with van der Waals surface area (Å²) < 4.78 is 1.85. The minimum atomic E-state index is 0.679. The van der Waals surface area contributed by atoms with Gasteiger partial charge in [0.05, 0.1) is 18.3 Å². The maximum absolute atomic E-state index is 10.5. The molecule has 1 heterocycles. The molecule has 0 aliphatic heterocycles. The van der Waals surface area contributed by atoms with E-state index in [0.717, 1.165) is 25.1 Å². The van der Waals surface area contributed by atoms with E-state index in [1.807, 2.05) is 25.7 Å². The van der Waals surface area contributed by atoms with Crippen LogP contribution in [0.15, 0.2) is 6.20 Å². The molecule has 0 saturated heterocycles. The molecule has 0 aliphatic carbocycles. The third kappa shape index (κ3) is 2.39. The van der Waals surface area contributed by atoms with Crippen LogP contribution in [0.5, 0.6) is 0 Å². The van der Waals surface area contributed by atoms with Gasteiger partial charge in [-0.2, -0.15) is 5.10 Å². The number of aldehydes is 1. The van der Waals surface area contributed by atoms with E-state index in [1.165, 1.54) is 0 Å². The molecule has 1 aromatic rings. The van der Waals surface area contributed by atoms with Crippen molar-refractivity contribution in [1.29, 1.82) is 0 Å². The zero-order valence-electron chi connectivity index (χ0n) is 8.32. The van der Waals surface area contributed by atoms with Crippen LogP contribution in [0, 0.1) is 6.92 Å². The zero-order valence-corrected chi connectivity index (χ0v) is 8.32. The molecule has 0 amide bonds. The number of carbonyl (C=O) groups excluding carboxylic acids is 1. The van der Waals surface area contributed by atoms with Gasteiger partial charge in [0.2, 0.25) is 0 Å². The molecule has 0 unspecified atom stereocenters. The lowest BCUT2D eigenvalue weighted by molar-refractivity contribution is 0.112. The molecule has 0 N–H and O–H groups in total. The SMILES string of the molecule is Cc1c(C=O)cnn1CCN(C)C. The first-order valence-corrected chi connectivity index (χ1v) is 4.27. The quantitative estimate of drug-likeness (QED) is 0.637. The Labute approximate surface area is 78.1 Å². The van der Waals surface area contributed by atoms with Crippen LogP contribution in [0.2, 0.25) is 0 Å². The van der Waals surface area contributed by atoms with Crippen molar-refractivity contribution in [2.24, 2.45) is 0 Å². The third-order valence-electron chi connectivity index (χ3n) is 2.03. The maximum Gasteiger partial charge on any atom is 0.153 e. The largest absolute Gasteiger partial charge is 0.308 e. The molecule has 0 aromatic carbocycles. The van der Waals surface area contributed by atoms with Crippen LogP contribution >= 0.6 is 0 Å². The van der Waals surface area contributed by atoms with Crippen LogP contribution in [0.3, 0.4) is 0 Å². The van der Waals surface area contributed by atoms with Gasteiger partial charge < -0.3 is 4.90 Å². The highest BCUT2D eigenvalue weighted by atomic mass is 16.1. The molecule has 0 bridgehead atoms. The maximum atomic E-state index is 10.5. The van der Waals surface area contributed by atoms with Crippen molar-refractivity contribution in [2.75, 3.05) is 20.6 Å². The summed E-state index contributed by atoms with van der Waals surface area (Å²) in [5.74, 6) is 0. The lowest BCUT2D eigenvalue weighted by Gasteiger charge is -2.10. The summed E-state index contributed by atoms with van der Waals surface area (Å²) in [5, 5.41) is 4.12. The van der Waals surface area contributed by atoms with Crippen molar-refractivity contribution in [3.8, 4) is 0 Å². The zero-order chi connectivity index (χ0) is 9.84. The second kappa shape index (κ2) is 4.18. The number of rotatable bonds is 4. The van der Waals surface area contributed by atoms with E-state index in [2.05, 4.69) is 10.00 Å². The summed E-state index contributed by atoms with van der Waals surface area (Å²) in [4.78, 5) is 12.6. The summed E-state index contributed by atoms with van der Waals surface area (Å²) in [5.41, 5.74) is 1.62. The van der Waals surface area contributed by atoms with Gasteiger partial charge in [0.15, 0.2) is 6.29 Å². The number of likely N-dealkylation sites (N-methyl/N-ethyl adjacent to an activating group) is 1. The lowest BCUT2D eigenvalue weighted by Crippen LogP contribution is -2.19. The Hall–Kier alpha value is -1.16. The molecule has 0 atom stereocenters. The van der Waals surface area contributed by atoms with Gasteiger partial charge in [-0.1, -0.05) is 0 Å². The first-order chi connectivity index (χ1) is 6.15. The molecule has 4 heteroatoms. The smallest absolute Gasteiger partial charge is 0.153 e. The topological polar surface area (TPSA) is 38.1 Å². The van der Waals surface area contributed by atoms with Crippen molar-refractivity contribution in [3.05, 3.63) is 17.5 Å². The Morgan fingerprint density at radius 2 is 2.31 bits per heavy atom. The summed E-state index contributed by atoms with van der Waals surface area (Å²) in [7, 11) is 4.03. The summed E-state index contributed by atoms with van der Waals surface area (Å²) in [6.45, 7) is 3.67. The highest BCUT2D eigenvalue weighted by molar-refractivity contribution is 5.75. The number of hydrogen-bond acceptors (Lipinski definition) is 3. The van der Waals surface area contributed by atoms with Gasteiger partial charge in [-0.25, -0.2) is 0 Å². The molecule has 0 radical (unpaired) electrons. The molecule has 0 saturated carbocycles. The molecule has 13 heavy (non-hydrogen) atoms. The number of hydrogen-bond donors (Lipinski definition) is 0. The van der Waals surface area contributed by atoms with Crippen LogP contribution in [0.1, 0.15) is 16.1 Å². The van der Waals surface area contributed by atoms with Gasteiger partial charge in [0.25, 0.3) is 0 Å². The summed E-state index contributed by atoms with van der Waals surface area (Å²) in [6.07, 6.45) is 2.45. The lowest BCUT2D eigenvalue weighted by atomic mass is 10.3. The van der Waals surface area contributed by atoms with Crippen molar-refractivity contribution in [3.63, 3.8) is 0 Å². The van der Waals surface area contributed by atoms with Gasteiger partial charge in [-0.15, -0.1) is 0 Å². The fourth-order valence-electron chi connectivity index (χ4n) is 1.10. The Bertz CT molecular complexity index is 291. The Morgan fingerprint density at radius 1 is 1.62 bits per heavy atom. The van der Waals surface area contributed by atoms with Crippen molar-refractivity contribution < 1.29 is 4.79 Å². The fraction of sp³-hybridized carbons (Fsp3) is 0.556. The van der Waals surface area contributed by atoms with E-state index in [-0.39, 0.29) is 0 Å². The van der Waals surface area contributed by atoms with Gasteiger partial charge in [-0.05, 0) is 21.0 Å². The minimum absolute atomic E-state index is 0.679. The monoisotopic (exact) mass is 181 g/mol. The minimum Gasteiger partial charge on any atom is -0.308 e. The molecule has 0 spiro atoms. The first-order valence-electron chi connectivity index (χ1n) is 4.27. The molecule has 1 aromatic heterocycles. The second-order valence-corrected chi connectivity index (χ2v) is 3.33. The number of nitrogens with zero attached hydrogens (tertiary/aromatic N) is 3. The molecule has 0 aliphatic rings. The third-order valence-corrected chi connectivity index (χ3v) is 2.03. The van der Waals surface area contributed by atoms with E-state index in [9.17, 15) is 4.79 Å². The highest BCUT2D eigenvalue weighted by Crippen LogP contribution is 2.03. The van der Waals surface area contributed by atoms with Crippen molar-refractivity contribution in [1.82, 2.24) is 14.7 Å². The summed E-state index contributed by atoms with van der Waals surface area (Å²) >= 11 is 0. The van der Waals surface area contributed by atoms with E-state index in [4.69, 9.17) is 0 Å². The van der Waals surface area contributed by atoms with Crippen LogP contribution in [0.4, 0.5) is 0 Å². The van der Waals surface area contributed by atoms with Crippen molar-refractivity contribution in [2.45, 2.75) is 13.5 Å². The van der Waals surface area contributed by atoms with Gasteiger partial charge in [0, 0.05) is 12.2 Å². The molecule has 72 valence electrons. The average Bonchev–Trinajstić information content (AvgIpc) is 2.43. The standard InChI is InChI=1S/C9H15N3O/c1-8-9(7-13)6-10-12(8)5-4-11(2)3/h6-7H,4-5H2,1-3H3. The number of aromatic nitrogens is 2. The van der Waals surface area contributed by atoms with Gasteiger partial charge in [-0.3, -0.25) is 9.48 Å². The number of carbonyl (C=O) groups is 1. The van der Waals surface area contributed by atoms with Crippen LogP contribution < -0.4 is 0 Å². The van der Waals surface area contributed by atoms with Gasteiger partial charge >= 0.3 is 0 Å². The normalized spacial score (nSPS) is 10.8. The Balaban J connectivity index is 2.67. The predicted octanol–water partition coefficient (Wildman–Crippen LogP) is 0.566. The van der Waals surface area contributed by atoms with E-state index >= 15 is 0 Å². The molecular weight excluding hydrogens is 166 g/mol. The summed E-state index contributed by atoms with van der Waals surface area (Å²) in [6, 6.07) is 0. The Morgan fingerprint density at radius 3 is 2.77 bits per heavy atom. The highest BCUT2D eigenvalue weighted by Gasteiger charge is 2.04. The fourth-order valence-corrected chi connectivity index (χ4v) is 1.10. The predicted molar refractivity (Wildman–Crippen MR) is 50.9 cm³/mol. The van der Waals surface area contributed by atoms with Crippen LogP contribution in [-0.2, 0) is 6.54 Å². The Kier molecular flexibility index (Phi) is 3.19. The van der Waals surface area contributed by atoms with E-state index in [1.54, 1.807) is 6.20 Å².